The lowest BCUT2D eigenvalue weighted by Crippen LogP contribution is -2.37. The smallest absolute Gasteiger partial charge is 0.191 e. The molecule has 5 heteroatoms. The molecule has 0 aliphatic rings. The molecule has 0 unspecified atom stereocenters. The summed E-state index contributed by atoms with van der Waals surface area (Å²) in [7, 11) is 3.48. The lowest BCUT2D eigenvalue weighted by atomic mass is 10.1. The lowest BCUT2D eigenvalue weighted by molar-refractivity contribution is 0.336. The van der Waals surface area contributed by atoms with E-state index >= 15 is 0 Å². The van der Waals surface area contributed by atoms with Gasteiger partial charge in [-0.2, -0.15) is 0 Å². The van der Waals surface area contributed by atoms with Crippen molar-refractivity contribution in [3.8, 4) is 11.5 Å². The summed E-state index contributed by atoms with van der Waals surface area (Å²) < 4.78 is 11.0. The van der Waals surface area contributed by atoms with Gasteiger partial charge < -0.3 is 20.1 Å². The number of guanidine groups is 1. The average molecular weight is 355 g/mol. The van der Waals surface area contributed by atoms with Crippen LogP contribution >= 0.6 is 0 Å². The highest BCUT2D eigenvalue weighted by atomic mass is 16.5. The second kappa shape index (κ2) is 10.3. The van der Waals surface area contributed by atoms with Crippen LogP contribution in [0.15, 0.2) is 47.5 Å². The summed E-state index contributed by atoms with van der Waals surface area (Å²) in [6, 6.07) is 14.4. The van der Waals surface area contributed by atoms with Gasteiger partial charge in [-0.15, -0.1) is 0 Å². The molecule has 2 aromatic carbocycles. The highest BCUT2D eigenvalue weighted by Crippen LogP contribution is 2.19. The summed E-state index contributed by atoms with van der Waals surface area (Å²) in [5.41, 5.74) is 3.49. The first-order chi connectivity index (χ1) is 12.7. The van der Waals surface area contributed by atoms with E-state index in [-0.39, 0.29) is 0 Å². The van der Waals surface area contributed by atoms with Crippen molar-refractivity contribution in [1.29, 1.82) is 0 Å². The Morgan fingerprint density at radius 1 is 1.08 bits per heavy atom. The van der Waals surface area contributed by atoms with Crippen LogP contribution < -0.4 is 20.1 Å². The third-order valence-electron chi connectivity index (χ3n) is 4.12. The minimum atomic E-state index is 0.657. The maximum atomic E-state index is 5.66. The van der Waals surface area contributed by atoms with Crippen LogP contribution in [-0.4, -0.2) is 33.3 Å². The normalized spacial score (nSPS) is 11.2. The molecule has 0 aromatic heterocycles. The Hall–Kier alpha value is -2.69. The molecule has 5 nitrogen and oxygen atoms in total. The number of ether oxygens (including phenoxy) is 2. The van der Waals surface area contributed by atoms with Gasteiger partial charge in [0, 0.05) is 25.7 Å². The van der Waals surface area contributed by atoms with Crippen molar-refractivity contribution < 1.29 is 9.47 Å². The molecule has 0 spiro atoms. The van der Waals surface area contributed by atoms with Crippen molar-refractivity contribution in [2.45, 2.75) is 26.8 Å². The number of nitrogens with one attached hydrogen (secondary N) is 2. The molecule has 0 aliphatic carbocycles. The quantitative estimate of drug-likeness (QED) is 0.563. The molecule has 0 aliphatic heterocycles. The third kappa shape index (κ3) is 5.69. The molecule has 2 aromatic rings. The van der Waals surface area contributed by atoms with E-state index in [0.717, 1.165) is 41.6 Å². The number of aliphatic imine (C=N–C) groups is 1. The van der Waals surface area contributed by atoms with Crippen molar-refractivity contribution >= 4 is 5.96 Å². The number of methoxy groups -OCH3 is 1. The maximum Gasteiger partial charge on any atom is 0.191 e. The largest absolute Gasteiger partial charge is 0.496 e. The van der Waals surface area contributed by atoms with Crippen LogP contribution in [0.3, 0.4) is 0 Å². The molecule has 140 valence electrons. The standard InChI is InChI=1S/C21H29N3O2/c1-5-26-19-9-7-6-8-18(19)15-24-21(22-3)23-13-12-17-11-10-16(2)20(14-17)25-4/h6-11,14H,5,12-13,15H2,1-4H3,(H2,22,23,24). The Morgan fingerprint density at radius 2 is 1.88 bits per heavy atom. The van der Waals surface area contributed by atoms with E-state index in [2.05, 4.69) is 39.9 Å². The number of hydrogen-bond acceptors (Lipinski definition) is 3. The van der Waals surface area contributed by atoms with E-state index in [1.807, 2.05) is 32.0 Å². The Labute approximate surface area is 156 Å². The molecule has 2 rings (SSSR count). The highest BCUT2D eigenvalue weighted by molar-refractivity contribution is 5.79. The molecule has 0 radical (unpaired) electrons. The predicted octanol–water partition coefficient (Wildman–Crippen LogP) is 3.31. The molecular formula is C21H29N3O2. The van der Waals surface area contributed by atoms with Crippen LogP contribution in [0.2, 0.25) is 0 Å². The van der Waals surface area contributed by atoms with E-state index in [4.69, 9.17) is 9.47 Å². The summed E-state index contributed by atoms with van der Waals surface area (Å²) in [6.07, 6.45) is 0.896. The summed E-state index contributed by atoms with van der Waals surface area (Å²) in [5, 5.41) is 6.69. The van der Waals surface area contributed by atoms with Gasteiger partial charge in [-0.3, -0.25) is 4.99 Å². The van der Waals surface area contributed by atoms with Gasteiger partial charge >= 0.3 is 0 Å². The molecular weight excluding hydrogens is 326 g/mol. The van der Waals surface area contributed by atoms with E-state index in [1.165, 1.54) is 5.56 Å². The first-order valence-electron chi connectivity index (χ1n) is 8.96. The molecule has 0 heterocycles. The van der Waals surface area contributed by atoms with Crippen molar-refractivity contribution in [3.05, 3.63) is 59.2 Å². The fourth-order valence-corrected chi connectivity index (χ4v) is 2.69. The first-order valence-corrected chi connectivity index (χ1v) is 8.96. The number of aryl methyl sites for hydroxylation is 1. The molecule has 0 fully saturated rings. The molecule has 26 heavy (non-hydrogen) atoms. The fourth-order valence-electron chi connectivity index (χ4n) is 2.69. The molecule has 0 amide bonds. The van der Waals surface area contributed by atoms with Crippen molar-refractivity contribution in [2.24, 2.45) is 4.99 Å². The van der Waals surface area contributed by atoms with E-state index in [9.17, 15) is 0 Å². The first kappa shape index (κ1) is 19.6. The van der Waals surface area contributed by atoms with Gasteiger partial charge in [-0.1, -0.05) is 30.3 Å². The van der Waals surface area contributed by atoms with E-state index in [1.54, 1.807) is 14.2 Å². The van der Waals surface area contributed by atoms with Gasteiger partial charge in [0.25, 0.3) is 0 Å². The minimum absolute atomic E-state index is 0.657. The van der Waals surface area contributed by atoms with Crippen molar-refractivity contribution in [1.82, 2.24) is 10.6 Å². The molecule has 0 saturated carbocycles. The number of rotatable bonds is 8. The van der Waals surface area contributed by atoms with Gasteiger partial charge in [0.15, 0.2) is 5.96 Å². The van der Waals surface area contributed by atoms with Crippen LogP contribution in [0.4, 0.5) is 0 Å². The third-order valence-corrected chi connectivity index (χ3v) is 4.12. The van der Waals surface area contributed by atoms with Gasteiger partial charge in [0.1, 0.15) is 11.5 Å². The van der Waals surface area contributed by atoms with Crippen LogP contribution in [0.25, 0.3) is 0 Å². The zero-order valence-corrected chi connectivity index (χ0v) is 16.1. The monoisotopic (exact) mass is 355 g/mol. The summed E-state index contributed by atoms with van der Waals surface area (Å²) in [6.45, 7) is 6.15. The fraction of sp³-hybridized carbons (Fsp3) is 0.381. The Morgan fingerprint density at radius 3 is 2.62 bits per heavy atom. The number of nitrogens with zero attached hydrogens (tertiary/aromatic N) is 1. The zero-order valence-electron chi connectivity index (χ0n) is 16.1. The van der Waals surface area contributed by atoms with Gasteiger partial charge in [-0.05, 0) is 43.5 Å². The summed E-state index contributed by atoms with van der Waals surface area (Å²) in [4.78, 5) is 4.29. The van der Waals surface area contributed by atoms with Crippen LogP contribution in [0, 0.1) is 6.92 Å². The SMILES string of the molecule is CCOc1ccccc1CNC(=NC)NCCc1ccc(C)c(OC)c1. The van der Waals surface area contributed by atoms with Gasteiger partial charge in [0.2, 0.25) is 0 Å². The molecule has 0 saturated heterocycles. The Balaban J connectivity index is 1.85. The zero-order chi connectivity index (χ0) is 18.8. The number of para-hydroxylation sites is 1. The van der Waals surface area contributed by atoms with Crippen LogP contribution in [0.1, 0.15) is 23.6 Å². The van der Waals surface area contributed by atoms with Gasteiger partial charge in [0.05, 0.1) is 13.7 Å². The maximum absolute atomic E-state index is 5.66. The highest BCUT2D eigenvalue weighted by Gasteiger charge is 2.05. The molecule has 0 bridgehead atoms. The van der Waals surface area contributed by atoms with Crippen LogP contribution in [0.5, 0.6) is 11.5 Å². The minimum Gasteiger partial charge on any atom is -0.496 e. The van der Waals surface area contributed by atoms with E-state index < -0.39 is 0 Å². The average Bonchev–Trinajstić information content (AvgIpc) is 2.67. The topological polar surface area (TPSA) is 54.9 Å². The van der Waals surface area contributed by atoms with Crippen molar-refractivity contribution in [3.63, 3.8) is 0 Å². The molecule has 2 N–H and O–H groups in total. The second-order valence-electron chi connectivity index (χ2n) is 5.95. The summed E-state index contributed by atoms with van der Waals surface area (Å²) >= 11 is 0. The summed E-state index contributed by atoms with van der Waals surface area (Å²) in [5.74, 6) is 2.61. The Kier molecular flexibility index (Phi) is 7.80. The number of hydrogen-bond donors (Lipinski definition) is 2. The van der Waals surface area contributed by atoms with E-state index in [0.29, 0.717) is 13.2 Å². The second-order valence-corrected chi connectivity index (χ2v) is 5.95. The van der Waals surface area contributed by atoms with Crippen LogP contribution in [-0.2, 0) is 13.0 Å². The van der Waals surface area contributed by atoms with Crippen molar-refractivity contribution in [2.75, 3.05) is 27.3 Å². The predicted molar refractivity (Wildman–Crippen MR) is 107 cm³/mol. The number of benzene rings is 2. The lowest BCUT2D eigenvalue weighted by Gasteiger charge is -2.14. The Bertz CT molecular complexity index is 729. The van der Waals surface area contributed by atoms with Gasteiger partial charge in [-0.25, -0.2) is 0 Å². The molecule has 0 atom stereocenters.